The van der Waals surface area contributed by atoms with Crippen LogP contribution in [-0.4, -0.2) is 46.7 Å². The summed E-state index contributed by atoms with van der Waals surface area (Å²) >= 11 is 0. The first-order valence-corrected chi connectivity index (χ1v) is 9.07. The van der Waals surface area contributed by atoms with Gasteiger partial charge in [0.25, 0.3) is 0 Å². The van der Waals surface area contributed by atoms with Crippen molar-refractivity contribution in [2.45, 2.75) is 30.2 Å². The zero-order chi connectivity index (χ0) is 17.8. The third-order valence-corrected chi connectivity index (χ3v) is 5.31. The number of hydrogen-bond donors (Lipinski definition) is 3. The van der Waals surface area contributed by atoms with Gasteiger partial charge in [-0.1, -0.05) is 0 Å². The highest BCUT2D eigenvalue weighted by Crippen LogP contribution is 2.22. The zero-order valence-corrected chi connectivity index (χ0v) is 15.7. The summed E-state index contributed by atoms with van der Waals surface area (Å²) in [7, 11) is -2.28. The molecule has 1 fully saturated rings. The van der Waals surface area contributed by atoms with Crippen molar-refractivity contribution in [3.8, 4) is 0 Å². The summed E-state index contributed by atoms with van der Waals surface area (Å²) in [5, 5.41) is 5.54. The van der Waals surface area contributed by atoms with Crippen LogP contribution in [0.15, 0.2) is 23.1 Å². The Morgan fingerprint density at radius 2 is 2.16 bits per heavy atom. The molecule has 142 valence electrons. The lowest BCUT2D eigenvalue weighted by atomic mass is 9.99. The van der Waals surface area contributed by atoms with Crippen molar-refractivity contribution in [3.63, 3.8) is 0 Å². The Morgan fingerprint density at radius 1 is 1.44 bits per heavy atom. The van der Waals surface area contributed by atoms with Gasteiger partial charge in [-0.2, -0.15) is 0 Å². The number of anilines is 1. The average Bonchev–Trinajstić information content (AvgIpc) is 2.96. The van der Waals surface area contributed by atoms with E-state index in [9.17, 15) is 17.6 Å². The van der Waals surface area contributed by atoms with Crippen LogP contribution in [0.3, 0.4) is 0 Å². The number of hydrogen-bond acceptors (Lipinski definition) is 5. The molecule has 1 aromatic carbocycles. The molecule has 1 unspecified atom stereocenters. The molecule has 1 atom stereocenters. The average molecular weight is 396 g/mol. The van der Waals surface area contributed by atoms with Crippen LogP contribution in [-0.2, 0) is 19.6 Å². The predicted molar refractivity (Wildman–Crippen MR) is 95.0 cm³/mol. The van der Waals surface area contributed by atoms with Crippen LogP contribution in [0.1, 0.15) is 19.8 Å². The van der Waals surface area contributed by atoms with Gasteiger partial charge >= 0.3 is 0 Å². The zero-order valence-electron chi connectivity index (χ0n) is 14.1. The van der Waals surface area contributed by atoms with E-state index in [2.05, 4.69) is 15.4 Å². The van der Waals surface area contributed by atoms with Gasteiger partial charge in [-0.15, -0.1) is 12.4 Å². The smallest absolute Gasteiger partial charge is 0.240 e. The Hall–Kier alpha value is -1.26. The number of rotatable bonds is 7. The molecular weight excluding hydrogens is 373 g/mol. The van der Waals surface area contributed by atoms with Gasteiger partial charge in [-0.3, -0.25) is 4.79 Å². The molecule has 1 saturated heterocycles. The van der Waals surface area contributed by atoms with Gasteiger partial charge in [0, 0.05) is 20.6 Å². The highest BCUT2D eigenvalue weighted by Gasteiger charge is 2.34. The van der Waals surface area contributed by atoms with Crippen molar-refractivity contribution >= 4 is 34.0 Å². The molecule has 0 aromatic heterocycles. The van der Waals surface area contributed by atoms with Crippen LogP contribution in [0, 0.1) is 5.82 Å². The second-order valence-electron chi connectivity index (χ2n) is 5.89. The first-order valence-electron chi connectivity index (χ1n) is 7.59. The summed E-state index contributed by atoms with van der Waals surface area (Å²) in [6, 6.07) is 3.27. The molecule has 2 rings (SSSR count). The van der Waals surface area contributed by atoms with Crippen LogP contribution in [0.2, 0.25) is 0 Å². The Labute approximate surface area is 153 Å². The van der Waals surface area contributed by atoms with Crippen LogP contribution in [0.25, 0.3) is 0 Å². The lowest BCUT2D eigenvalue weighted by Gasteiger charge is -2.28. The first kappa shape index (κ1) is 21.8. The van der Waals surface area contributed by atoms with Crippen LogP contribution >= 0.6 is 12.4 Å². The standard InChI is InChI=1S/C15H22FN3O4S.ClH/c1-11(20)19-14-8-12(4-5-13(14)16)24(21,22)18-9-15(10-23-2)6-3-7-17-15;/h4-5,8,17-18H,3,6-7,9-10H2,1-2H3,(H,19,20);1H. The first-order chi connectivity index (χ1) is 11.3. The van der Waals surface area contributed by atoms with E-state index in [0.29, 0.717) is 6.61 Å². The Morgan fingerprint density at radius 3 is 2.72 bits per heavy atom. The molecule has 10 heteroatoms. The summed E-state index contributed by atoms with van der Waals surface area (Å²) in [5.41, 5.74) is -0.613. The van der Waals surface area contributed by atoms with E-state index in [1.807, 2.05) is 0 Å². The van der Waals surface area contributed by atoms with Crippen molar-refractivity contribution in [3.05, 3.63) is 24.0 Å². The van der Waals surface area contributed by atoms with E-state index < -0.39 is 27.3 Å². The second-order valence-corrected chi connectivity index (χ2v) is 7.66. The molecule has 1 heterocycles. The van der Waals surface area contributed by atoms with Gasteiger partial charge in [-0.05, 0) is 37.6 Å². The predicted octanol–water partition coefficient (Wildman–Crippen LogP) is 1.25. The maximum atomic E-state index is 13.7. The van der Waals surface area contributed by atoms with Gasteiger partial charge in [0.1, 0.15) is 5.82 Å². The highest BCUT2D eigenvalue weighted by atomic mass is 35.5. The van der Waals surface area contributed by atoms with Crippen molar-refractivity contribution in [2.24, 2.45) is 0 Å². The number of halogens is 2. The minimum Gasteiger partial charge on any atom is -0.383 e. The highest BCUT2D eigenvalue weighted by molar-refractivity contribution is 7.89. The fourth-order valence-corrected chi connectivity index (χ4v) is 3.90. The topological polar surface area (TPSA) is 96.5 Å². The monoisotopic (exact) mass is 395 g/mol. The van der Waals surface area contributed by atoms with Gasteiger partial charge in [0.15, 0.2) is 0 Å². The third kappa shape index (κ3) is 5.61. The summed E-state index contributed by atoms with van der Waals surface area (Å²) in [5.74, 6) is -1.18. The van der Waals surface area contributed by atoms with Crippen LogP contribution in [0.4, 0.5) is 10.1 Å². The number of nitrogens with one attached hydrogen (secondary N) is 3. The Kier molecular flexibility index (Phi) is 7.76. The number of sulfonamides is 1. The molecule has 0 bridgehead atoms. The van der Waals surface area contributed by atoms with E-state index >= 15 is 0 Å². The molecule has 25 heavy (non-hydrogen) atoms. The SMILES string of the molecule is COCC1(CNS(=O)(=O)c2ccc(F)c(NC(C)=O)c2)CCCN1.Cl. The van der Waals surface area contributed by atoms with Crippen molar-refractivity contribution < 1.29 is 22.3 Å². The quantitative estimate of drug-likeness (QED) is 0.645. The number of amides is 1. The molecule has 1 aromatic rings. The summed E-state index contributed by atoms with van der Waals surface area (Å²) in [6.45, 7) is 2.57. The molecule has 0 radical (unpaired) electrons. The fourth-order valence-electron chi connectivity index (χ4n) is 2.74. The largest absolute Gasteiger partial charge is 0.383 e. The van der Waals surface area contributed by atoms with Gasteiger partial charge in [0.05, 0.1) is 22.7 Å². The molecule has 7 nitrogen and oxygen atoms in total. The molecule has 0 spiro atoms. The van der Waals surface area contributed by atoms with E-state index in [1.54, 1.807) is 7.11 Å². The Bertz CT molecular complexity index is 709. The molecule has 1 aliphatic heterocycles. The molecule has 3 N–H and O–H groups in total. The fraction of sp³-hybridized carbons (Fsp3) is 0.533. The summed E-state index contributed by atoms with van der Waals surface area (Å²) < 4.78 is 46.3. The number of benzene rings is 1. The van der Waals surface area contributed by atoms with E-state index in [0.717, 1.165) is 37.6 Å². The van der Waals surface area contributed by atoms with Crippen molar-refractivity contribution in [2.75, 3.05) is 32.1 Å². The van der Waals surface area contributed by atoms with Gasteiger partial charge < -0.3 is 15.4 Å². The summed E-state index contributed by atoms with van der Waals surface area (Å²) in [6.07, 6.45) is 1.73. The molecule has 0 aliphatic carbocycles. The molecule has 0 saturated carbocycles. The molecule has 1 aliphatic rings. The van der Waals surface area contributed by atoms with E-state index in [1.165, 1.54) is 6.92 Å². The number of carbonyl (C=O) groups is 1. The number of methoxy groups -OCH3 is 1. The third-order valence-electron chi connectivity index (χ3n) is 3.91. The van der Waals surface area contributed by atoms with Crippen LogP contribution < -0.4 is 15.4 Å². The van der Waals surface area contributed by atoms with Crippen LogP contribution in [0.5, 0.6) is 0 Å². The molecule has 1 amide bonds. The lowest BCUT2D eigenvalue weighted by molar-refractivity contribution is -0.114. The van der Waals surface area contributed by atoms with E-state index in [-0.39, 0.29) is 29.5 Å². The number of ether oxygens (including phenoxy) is 1. The van der Waals surface area contributed by atoms with Gasteiger partial charge in [0.2, 0.25) is 15.9 Å². The van der Waals surface area contributed by atoms with Gasteiger partial charge in [-0.25, -0.2) is 17.5 Å². The van der Waals surface area contributed by atoms with Crippen molar-refractivity contribution in [1.82, 2.24) is 10.0 Å². The number of carbonyl (C=O) groups excluding carboxylic acids is 1. The summed E-state index contributed by atoms with van der Waals surface area (Å²) in [4.78, 5) is 11.0. The normalized spacial score (nSPS) is 20.1. The molecular formula is C15H23ClFN3O4S. The maximum absolute atomic E-state index is 13.7. The minimum atomic E-state index is -3.84. The van der Waals surface area contributed by atoms with E-state index in [4.69, 9.17) is 4.74 Å². The Balaban J connectivity index is 0.00000312. The maximum Gasteiger partial charge on any atom is 0.240 e. The minimum absolute atomic E-state index is 0. The second kappa shape index (κ2) is 8.91. The lowest BCUT2D eigenvalue weighted by Crippen LogP contribution is -2.52. The van der Waals surface area contributed by atoms with Crippen molar-refractivity contribution in [1.29, 1.82) is 0 Å².